The minimum atomic E-state index is -0.155. The van der Waals surface area contributed by atoms with Crippen LogP contribution in [-0.2, 0) is 4.79 Å². The number of nitrogens with one attached hydrogen (secondary N) is 2. The molecule has 3 rings (SSSR count). The molecule has 23 heavy (non-hydrogen) atoms. The molecular formula is C17H16N4O2. The molecule has 0 atom stereocenters. The molecule has 0 bridgehead atoms. The van der Waals surface area contributed by atoms with E-state index in [0.717, 1.165) is 16.7 Å². The van der Waals surface area contributed by atoms with Crippen molar-refractivity contribution in [3.05, 3.63) is 54.9 Å². The summed E-state index contributed by atoms with van der Waals surface area (Å²) in [6.45, 7) is 0.118. The quantitative estimate of drug-likeness (QED) is 0.758. The molecule has 0 saturated carbocycles. The number of rotatable bonds is 5. The van der Waals surface area contributed by atoms with Gasteiger partial charge in [-0.1, -0.05) is 12.1 Å². The molecule has 2 N–H and O–H groups in total. The fraction of sp³-hybridized carbons (Fsp3) is 0.118. The predicted molar refractivity (Wildman–Crippen MR) is 89.7 cm³/mol. The van der Waals surface area contributed by atoms with Crippen LogP contribution in [0.2, 0.25) is 0 Å². The lowest BCUT2D eigenvalue weighted by Gasteiger charge is -2.09. The van der Waals surface area contributed by atoms with Gasteiger partial charge in [-0.05, 0) is 36.4 Å². The van der Waals surface area contributed by atoms with Crippen LogP contribution in [0.25, 0.3) is 10.9 Å². The summed E-state index contributed by atoms with van der Waals surface area (Å²) in [6, 6.07) is 14.8. The number of nitrogens with zero attached hydrogens (tertiary/aromatic N) is 2. The predicted octanol–water partition coefficient (Wildman–Crippen LogP) is 2.69. The molecule has 6 heteroatoms. The molecule has 0 fully saturated rings. The van der Waals surface area contributed by atoms with E-state index in [4.69, 9.17) is 4.74 Å². The largest absolute Gasteiger partial charge is 0.497 e. The van der Waals surface area contributed by atoms with E-state index in [-0.39, 0.29) is 12.5 Å². The van der Waals surface area contributed by atoms with Crippen LogP contribution in [-0.4, -0.2) is 29.5 Å². The lowest BCUT2D eigenvalue weighted by atomic mass is 10.2. The molecule has 0 spiro atoms. The highest BCUT2D eigenvalue weighted by Gasteiger charge is 2.06. The lowest BCUT2D eigenvalue weighted by Crippen LogP contribution is -2.22. The summed E-state index contributed by atoms with van der Waals surface area (Å²) in [5.41, 5.74) is 1.55. The minimum Gasteiger partial charge on any atom is -0.497 e. The van der Waals surface area contributed by atoms with E-state index in [1.807, 2.05) is 24.3 Å². The first-order chi connectivity index (χ1) is 11.3. The smallest absolute Gasteiger partial charge is 0.243 e. The lowest BCUT2D eigenvalue weighted by molar-refractivity contribution is -0.114. The molecule has 0 aliphatic carbocycles. The van der Waals surface area contributed by atoms with Crippen molar-refractivity contribution in [1.29, 1.82) is 0 Å². The second-order valence-electron chi connectivity index (χ2n) is 4.87. The number of amides is 1. The maximum atomic E-state index is 12.0. The third-order valence-electron chi connectivity index (χ3n) is 3.33. The summed E-state index contributed by atoms with van der Waals surface area (Å²) in [4.78, 5) is 20.4. The van der Waals surface area contributed by atoms with Gasteiger partial charge in [0.05, 0.1) is 19.2 Å². The molecule has 1 amide bonds. The molecule has 0 aliphatic heterocycles. The summed E-state index contributed by atoms with van der Waals surface area (Å²) in [6.07, 6.45) is 1.48. The van der Waals surface area contributed by atoms with Crippen LogP contribution in [0.5, 0.6) is 5.75 Å². The highest BCUT2D eigenvalue weighted by atomic mass is 16.5. The van der Waals surface area contributed by atoms with Crippen molar-refractivity contribution in [2.75, 3.05) is 24.3 Å². The Hall–Kier alpha value is -3.15. The number of benzene rings is 2. The molecule has 6 nitrogen and oxygen atoms in total. The number of hydrogen-bond donors (Lipinski definition) is 2. The number of aromatic nitrogens is 2. The van der Waals surface area contributed by atoms with Gasteiger partial charge in [0.25, 0.3) is 0 Å². The number of anilines is 2. The summed E-state index contributed by atoms with van der Waals surface area (Å²) in [5, 5.41) is 6.74. The van der Waals surface area contributed by atoms with Crippen LogP contribution in [0.4, 0.5) is 11.5 Å². The number of ether oxygens (including phenoxy) is 1. The fourth-order valence-corrected chi connectivity index (χ4v) is 2.19. The van der Waals surface area contributed by atoms with Gasteiger partial charge in [-0.15, -0.1) is 0 Å². The van der Waals surface area contributed by atoms with Crippen molar-refractivity contribution >= 4 is 28.3 Å². The van der Waals surface area contributed by atoms with Gasteiger partial charge in [-0.2, -0.15) is 0 Å². The van der Waals surface area contributed by atoms with E-state index >= 15 is 0 Å². The zero-order valence-corrected chi connectivity index (χ0v) is 12.6. The Kier molecular flexibility index (Phi) is 4.33. The maximum absolute atomic E-state index is 12.0. The molecule has 0 radical (unpaired) electrons. The zero-order valence-electron chi connectivity index (χ0n) is 12.6. The number of hydrogen-bond acceptors (Lipinski definition) is 5. The molecule has 0 aliphatic rings. The first-order valence-electron chi connectivity index (χ1n) is 7.14. The van der Waals surface area contributed by atoms with Crippen molar-refractivity contribution in [2.45, 2.75) is 0 Å². The first kappa shape index (κ1) is 14.8. The number of carbonyl (C=O) groups is 1. The third kappa shape index (κ3) is 3.55. The topological polar surface area (TPSA) is 76.1 Å². The van der Waals surface area contributed by atoms with Gasteiger partial charge in [0.15, 0.2) is 0 Å². The Morgan fingerprint density at radius 1 is 1.09 bits per heavy atom. The van der Waals surface area contributed by atoms with Gasteiger partial charge in [0, 0.05) is 11.1 Å². The van der Waals surface area contributed by atoms with Crippen LogP contribution < -0.4 is 15.4 Å². The summed E-state index contributed by atoms with van der Waals surface area (Å²) in [7, 11) is 1.60. The van der Waals surface area contributed by atoms with Gasteiger partial charge in [0.2, 0.25) is 5.91 Å². The molecule has 0 saturated heterocycles. The molecule has 0 unspecified atom stereocenters. The molecule has 116 valence electrons. The van der Waals surface area contributed by atoms with Gasteiger partial charge in [0.1, 0.15) is 17.9 Å². The molecular weight excluding hydrogens is 292 g/mol. The van der Waals surface area contributed by atoms with Gasteiger partial charge in [-0.3, -0.25) is 4.79 Å². The van der Waals surface area contributed by atoms with E-state index < -0.39 is 0 Å². The first-order valence-corrected chi connectivity index (χ1v) is 7.14. The van der Waals surface area contributed by atoms with E-state index in [2.05, 4.69) is 20.6 Å². The van der Waals surface area contributed by atoms with Crippen molar-refractivity contribution in [1.82, 2.24) is 9.97 Å². The molecule has 1 heterocycles. The van der Waals surface area contributed by atoms with Crippen LogP contribution >= 0.6 is 0 Å². The summed E-state index contributed by atoms with van der Waals surface area (Å²) >= 11 is 0. The Bertz CT molecular complexity index is 813. The highest BCUT2D eigenvalue weighted by Crippen LogP contribution is 2.18. The second-order valence-corrected chi connectivity index (χ2v) is 4.87. The van der Waals surface area contributed by atoms with Crippen molar-refractivity contribution in [3.8, 4) is 5.75 Å². The fourth-order valence-electron chi connectivity index (χ4n) is 2.19. The highest BCUT2D eigenvalue weighted by molar-refractivity contribution is 5.95. The van der Waals surface area contributed by atoms with Gasteiger partial charge < -0.3 is 15.4 Å². The second kappa shape index (κ2) is 6.74. The van der Waals surface area contributed by atoms with E-state index in [1.165, 1.54) is 6.33 Å². The van der Waals surface area contributed by atoms with Crippen molar-refractivity contribution < 1.29 is 9.53 Å². The monoisotopic (exact) mass is 308 g/mol. The molecule has 2 aromatic carbocycles. The normalized spacial score (nSPS) is 10.3. The number of carbonyl (C=O) groups excluding carboxylic acids is 1. The average molecular weight is 308 g/mol. The summed E-state index contributed by atoms with van der Waals surface area (Å²) < 4.78 is 5.08. The Labute approximate surface area is 133 Å². The van der Waals surface area contributed by atoms with Crippen LogP contribution in [0.1, 0.15) is 0 Å². The van der Waals surface area contributed by atoms with Crippen molar-refractivity contribution in [2.24, 2.45) is 0 Å². The number of methoxy groups -OCH3 is 1. The maximum Gasteiger partial charge on any atom is 0.243 e. The van der Waals surface area contributed by atoms with E-state index in [1.54, 1.807) is 31.4 Å². The SMILES string of the molecule is COc1ccc(NC(=O)CNc2ncnc3ccccc23)cc1. The molecule has 3 aromatic rings. The average Bonchev–Trinajstić information content (AvgIpc) is 2.60. The minimum absolute atomic E-state index is 0.118. The Morgan fingerprint density at radius 2 is 1.87 bits per heavy atom. The Balaban J connectivity index is 1.63. The van der Waals surface area contributed by atoms with Crippen LogP contribution in [0, 0.1) is 0 Å². The Morgan fingerprint density at radius 3 is 2.65 bits per heavy atom. The van der Waals surface area contributed by atoms with Crippen molar-refractivity contribution in [3.63, 3.8) is 0 Å². The van der Waals surface area contributed by atoms with Gasteiger partial charge in [-0.25, -0.2) is 9.97 Å². The number of para-hydroxylation sites is 1. The van der Waals surface area contributed by atoms with Crippen LogP contribution in [0.15, 0.2) is 54.9 Å². The zero-order chi connectivity index (χ0) is 16.1. The molecule has 1 aromatic heterocycles. The third-order valence-corrected chi connectivity index (χ3v) is 3.33. The summed E-state index contributed by atoms with van der Waals surface area (Å²) in [5.74, 6) is 1.23. The van der Waals surface area contributed by atoms with E-state index in [0.29, 0.717) is 11.5 Å². The number of fused-ring (bicyclic) bond motifs is 1. The van der Waals surface area contributed by atoms with Gasteiger partial charge >= 0.3 is 0 Å². The van der Waals surface area contributed by atoms with E-state index in [9.17, 15) is 4.79 Å². The van der Waals surface area contributed by atoms with Crippen LogP contribution in [0.3, 0.4) is 0 Å². The standard InChI is InChI=1S/C17H16N4O2/c1-23-13-8-6-12(7-9-13)21-16(22)10-18-17-14-4-2-3-5-15(14)19-11-20-17/h2-9,11H,10H2,1H3,(H,21,22)(H,18,19,20).